The van der Waals surface area contributed by atoms with Crippen molar-refractivity contribution in [2.45, 2.75) is 9.79 Å². The maximum absolute atomic E-state index is 12.5. The predicted octanol–water partition coefficient (Wildman–Crippen LogP) is 2.11. The van der Waals surface area contributed by atoms with Gasteiger partial charge in [0, 0.05) is 0 Å². The number of phenols is 4. The van der Waals surface area contributed by atoms with Gasteiger partial charge in [0.1, 0.15) is 9.79 Å². The van der Waals surface area contributed by atoms with Crippen LogP contribution in [0.2, 0.25) is 0 Å². The highest BCUT2D eigenvalue weighted by Crippen LogP contribution is 2.34. The van der Waals surface area contributed by atoms with Gasteiger partial charge >= 0.3 is 0 Å². The topological polar surface area (TPSA) is 173 Å². The fourth-order valence-corrected chi connectivity index (χ4v) is 4.85. The number of para-hydroxylation sites is 2. The lowest BCUT2D eigenvalue weighted by molar-refractivity contribution is 0.393. The normalized spacial score (nSPS) is 11.7. The quantitative estimate of drug-likeness (QED) is 0.308. The molecule has 0 radical (unpaired) electrons. The lowest BCUT2D eigenvalue weighted by atomic mass is 10.3. The number of hydrogen-bond donors (Lipinski definition) is 6. The summed E-state index contributed by atoms with van der Waals surface area (Å²) in [5, 5.41) is 38.6. The number of hydrogen-bond acceptors (Lipinski definition) is 8. The molecule has 6 N–H and O–H groups in total. The van der Waals surface area contributed by atoms with Gasteiger partial charge in [-0.2, -0.15) is 0 Å². The second kappa shape index (κ2) is 7.65. The van der Waals surface area contributed by atoms with Gasteiger partial charge < -0.3 is 20.4 Å². The van der Waals surface area contributed by atoms with E-state index in [1.165, 1.54) is 30.3 Å². The predicted molar refractivity (Wildman–Crippen MR) is 108 cm³/mol. The zero-order valence-electron chi connectivity index (χ0n) is 15.0. The largest absolute Gasteiger partial charge is 0.504 e. The maximum atomic E-state index is 12.5. The Labute approximate surface area is 171 Å². The van der Waals surface area contributed by atoms with Crippen molar-refractivity contribution in [1.82, 2.24) is 0 Å². The molecule has 3 aromatic rings. The molecular weight excluding hydrogens is 436 g/mol. The van der Waals surface area contributed by atoms with E-state index in [-0.39, 0.29) is 11.4 Å². The summed E-state index contributed by atoms with van der Waals surface area (Å²) < 4.78 is 54.3. The molecule has 12 heteroatoms. The van der Waals surface area contributed by atoms with Gasteiger partial charge in [-0.15, -0.1) is 0 Å². The molecule has 10 nitrogen and oxygen atoms in total. The van der Waals surface area contributed by atoms with Crippen molar-refractivity contribution in [2.24, 2.45) is 0 Å². The number of phenolic OH excluding ortho intramolecular Hbond substituents is 4. The van der Waals surface area contributed by atoms with Crippen LogP contribution >= 0.6 is 0 Å². The molecule has 0 amide bonds. The summed E-state index contributed by atoms with van der Waals surface area (Å²) in [7, 11) is -8.60. The molecule has 0 aliphatic rings. The van der Waals surface area contributed by atoms with Crippen LogP contribution < -0.4 is 9.44 Å². The second-order valence-corrected chi connectivity index (χ2v) is 9.34. The molecule has 0 bridgehead atoms. The molecule has 0 spiro atoms. The molecule has 0 heterocycles. The molecule has 0 saturated carbocycles. The number of sulfonamides is 2. The van der Waals surface area contributed by atoms with Gasteiger partial charge in [-0.25, -0.2) is 16.8 Å². The van der Waals surface area contributed by atoms with Crippen molar-refractivity contribution in [3.05, 3.63) is 60.7 Å². The summed E-state index contributed by atoms with van der Waals surface area (Å²) >= 11 is 0. The molecule has 0 aliphatic carbocycles. The third-order valence-corrected chi connectivity index (χ3v) is 6.73. The van der Waals surface area contributed by atoms with Gasteiger partial charge in [-0.3, -0.25) is 9.44 Å². The Hall–Kier alpha value is -3.64. The zero-order valence-corrected chi connectivity index (χ0v) is 16.6. The maximum Gasteiger partial charge on any atom is 0.265 e. The summed E-state index contributed by atoms with van der Waals surface area (Å²) in [6, 6.07) is 12.0. The first-order chi connectivity index (χ1) is 14.0. The molecule has 0 aliphatic heterocycles. The minimum Gasteiger partial charge on any atom is -0.504 e. The van der Waals surface area contributed by atoms with Crippen LogP contribution in [-0.2, 0) is 20.0 Å². The highest BCUT2D eigenvalue weighted by Gasteiger charge is 2.23. The van der Waals surface area contributed by atoms with Gasteiger partial charge in [0.2, 0.25) is 0 Å². The van der Waals surface area contributed by atoms with Crippen molar-refractivity contribution in [1.29, 1.82) is 0 Å². The first-order valence-electron chi connectivity index (χ1n) is 8.19. The zero-order chi connectivity index (χ0) is 22.1. The summed E-state index contributed by atoms with van der Waals surface area (Å²) in [4.78, 5) is -1.14. The minimum atomic E-state index is -4.30. The first-order valence-corrected chi connectivity index (χ1v) is 11.2. The van der Waals surface area contributed by atoms with Crippen LogP contribution in [0.1, 0.15) is 0 Å². The molecule has 0 fully saturated rings. The third-order valence-electron chi connectivity index (χ3n) is 3.90. The Morgan fingerprint density at radius 1 is 0.567 bits per heavy atom. The van der Waals surface area contributed by atoms with Crippen molar-refractivity contribution < 1.29 is 37.3 Å². The Bertz CT molecular complexity index is 1220. The summed E-state index contributed by atoms with van der Waals surface area (Å²) in [5.41, 5.74) is -0.0869. The van der Waals surface area contributed by atoms with E-state index in [1.54, 1.807) is 0 Å². The van der Waals surface area contributed by atoms with E-state index in [0.29, 0.717) is 0 Å². The Balaban J connectivity index is 1.90. The molecular formula is C18H16N2O8S2. The van der Waals surface area contributed by atoms with E-state index in [0.717, 1.165) is 30.3 Å². The highest BCUT2D eigenvalue weighted by atomic mass is 32.2. The van der Waals surface area contributed by atoms with E-state index < -0.39 is 52.8 Å². The molecule has 0 saturated heterocycles. The van der Waals surface area contributed by atoms with Crippen LogP contribution in [0.25, 0.3) is 0 Å². The van der Waals surface area contributed by atoms with Crippen LogP contribution in [0.4, 0.5) is 11.4 Å². The molecule has 0 unspecified atom stereocenters. The smallest absolute Gasteiger partial charge is 0.265 e. The highest BCUT2D eigenvalue weighted by molar-refractivity contribution is 7.93. The van der Waals surface area contributed by atoms with Crippen molar-refractivity contribution >= 4 is 31.4 Å². The molecule has 0 atom stereocenters. The van der Waals surface area contributed by atoms with Crippen molar-refractivity contribution in [3.8, 4) is 23.0 Å². The molecule has 3 aromatic carbocycles. The van der Waals surface area contributed by atoms with Crippen LogP contribution in [-0.4, -0.2) is 37.3 Å². The Morgan fingerprint density at radius 3 is 1.33 bits per heavy atom. The lowest BCUT2D eigenvalue weighted by Gasteiger charge is -2.13. The molecule has 30 heavy (non-hydrogen) atoms. The monoisotopic (exact) mass is 452 g/mol. The van der Waals surface area contributed by atoms with E-state index in [4.69, 9.17) is 0 Å². The van der Waals surface area contributed by atoms with Crippen LogP contribution in [0.3, 0.4) is 0 Å². The standard InChI is InChI=1S/C18H16N2O8S2/c21-13-6-2-8-15(17(13)23)29(25,26)19-11-4-1-5-12(10-11)20-30(27,28)16-9-3-7-14(22)18(16)24/h1-10,19-24H. The minimum absolute atomic E-state index is 0.0435. The first kappa shape index (κ1) is 21.1. The average molecular weight is 452 g/mol. The van der Waals surface area contributed by atoms with Crippen LogP contribution in [0.5, 0.6) is 23.0 Å². The summed E-state index contributed by atoms with van der Waals surface area (Å²) in [6.45, 7) is 0. The van der Waals surface area contributed by atoms with E-state index in [2.05, 4.69) is 9.44 Å². The number of nitrogens with one attached hydrogen (secondary N) is 2. The second-order valence-electron chi connectivity index (χ2n) is 6.04. The fourth-order valence-electron chi connectivity index (χ4n) is 2.52. The van der Waals surface area contributed by atoms with Gasteiger partial charge in [0.25, 0.3) is 20.0 Å². The van der Waals surface area contributed by atoms with E-state index >= 15 is 0 Å². The number of anilines is 2. The van der Waals surface area contributed by atoms with E-state index in [9.17, 15) is 37.3 Å². The van der Waals surface area contributed by atoms with Crippen molar-refractivity contribution in [3.63, 3.8) is 0 Å². The summed E-state index contributed by atoms with van der Waals surface area (Å²) in [5.74, 6) is -2.90. The summed E-state index contributed by atoms with van der Waals surface area (Å²) in [6.07, 6.45) is 0. The van der Waals surface area contributed by atoms with E-state index in [1.807, 2.05) is 0 Å². The van der Waals surface area contributed by atoms with Crippen LogP contribution in [0, 0.1) is 0 Å². The fraction of sp³-hybridized carbons (Fsp3) is 0. The average Bonchev–Trinajstić information content (AvgIpc) is 2.65. The number of aromatic hydroxyl groups is 4. The van der Waals surface area contributed by atoms with Gasteiger partial charge in [0.15, 0.2) is 23.0 Å². The third kappa shape index (κ3) is 4.18. The van der Waals surface area contributed by atoms with Crippen molar-refractivity contribution in [2.75, 3.05) is 9.44 Å². The number of benzene rings is 3. The van der Waals surface area contributed by atoms with Gasteiger partial charge in [0.05, 0.1) is 11.4 Å². The number of rotatable bonds is 6. The SMILES string of the molecule is O=S(=O)(Nc1cccc(NS(=O)(=O)c2cccc(O)c2O)c1)c1cccc(O)c1O. The Kier molecular flexibility index (Phi) is 5.37. The Morgan fingerprint density at radius 2 is 0.933 bits per heavy atom. The molecule has 3 rings (SSSR count). The van der Waals surface area contributed by atoms with Gasteiger partial charge in [-0.05, 0) is 42.5 Å². The van der Waals surface area contributed by atoms with Gasteiger partial charge in [-0.1, -0.05) is 18.2 Å². The molecule has 0 aromatic heterocycles. The lowest BCUT2D eigenvalue weighted by Crippen LogP contribution is -2.15. The van der Waals surface area contributed by atoms with Crippen LogP contribution in [0.15, 0.2) is 70.5 Å². The molecule has 158 valence electrons.